The number of hydrogen-bond donors (Lipinski definition) is 1. The fraction of sp³-hybridized carbons (Fsp3) is 0.429. The van der Waals surface area contributed by atoms with E-state index in [9.17, 15) is 26.0 Å². The molecule has 30 heavy (non-hydrogen) atoms. The summed E-state index contributed by atoms with van der Waals surface area (Å²) in [5.74, 6) is -1.09. The fourth-order valence-electron chi connectivity index (χ4n) is 3.62. The maximum atomic E-state index is 14.7. The highest BCUT2D eigenvalue weighted by molar-refractivity contribution is 7.88. The molecule has 1 heterocycles. The van der Waals surface area contributed by atoms with Crippen LogP contribution in [0.5, 0.6) is 0 Å². The lowest BCUT2D eigenvalue weighted by atomic mass is 9.89. The van der Waals surface area contributed by atoms with Gasteiger partial charge in [-0.05, 0) is 49.0 Å². The molecule has 4 nitrogen and oxygen atoms in total. The predicted molar refractivity (Wildman–Crippen MR) is 107 cm³/mol. The minimum absolute atomic E-state index is 0.0754. The quantitative estimate of drug-likeness (QED) is 0.652. The summed E-state index contributed by atoms with van der Waals surface area (Å²) < 4.78 is 79.6. The Labute approximate surface area is 173 Å². The van der Waals surface area contributed by atoms with Crippen LogP contribution >= 0.6 is 0 Å². The molecule has 2 aromatic carbocycles. The normalized spacial score (nSPS) is 16.2. The molecule has 0 spiro atoms. The van der Waals surface area contributed by atoms with Gasteiger partial charge in [0.15, 0.2) is 0 Å². The summed E-state index contributed by atoms with van der Waals surface area (Å²) in [7, 11) is -4.32. The van der Waals surface area contributed by atoms with E-state index in [1.807, 2.05) is 0 Å². The Morgan fingerprint density at radius 2 is 1.70 bits per heavy atom. The van der Waals surface area contributed by atoms with Crippen molar-refractivity contribution in [3.8, 4) is 0 Å². The summed E-state index contributed by atoms with van der Waals surface area (Å²) >= 11 is 0. The summed E-state index contributed by atoms with van der Waals surface area (Å²) in [6.07, 6.45) is -3.04. The van der Waals surface area contributed by atoms with E-state index >= 15 is 0 Å². The number of alkyl halides is 3. The summed E-state index contributed by atoms with van der Waals surface area (Å²) in [5, 5.41) is 3.22. The number of benzene rings is 2. The SMILES string of the molecule is O=S(=O)(Cc1ccccc1)N(Cc1ccc(C2CCNCC2)cc1F)CC(F)(F)F. The van der Waals surface area contributed by atoms with E-state index in [1.165, 1.54) is 24.3 Å². The van der Waals surface area contributed by atoms with Crippen LogP contribution < -0.4 is 5.32 Å². The van der Waals surface area contributed by atoms with Gasteiger partial charge in [-0.1, -0.05) is 42.5 Å². The van der Waals surface area contributed by atoms with Crippen LogP contribution in [0, 0.1) is 5.82 Å². The molecule has 2 aromatic rings. The molecular weight excluding hydrogens is 420 g/mol. The maximum absolute atomic E-state index is 14.7. The molecule has 1 fully saturated rings. The number of nitrogens with one attached hydrogen (secondary N) is 1. The Bertz CT molecular complexity index is 943. The van der Waals surface area contributed by atoms with Crippen molar-refractivity contribution in [3.63, 3.8) is 0 Å². The van der Waals surface area contributed by atoms with Crippen LogP contribution in [0.15, 0.2) is 48.5 Å². The van der Waals surface area contributed by atoms with Crippen LogP contribution in [0.1, 0.15) is 35.4 Å². The highest BCUT2D eigenvalue weighted by Crippen LogP contribution is 2.28. The van der Waals surface area contributed by atoms with Crippen molar-refractivity contribution in [2.45, 2.75) is 37.2 Å². The molecular formula is C21H24F4N2O2S. The molecule has 0 atom stereocenters. The average Bonchev–Trinajstić information content (AvgIpc) is 2.69. The minimum atomic E-state index is -4.74. The zero-order valence-corrected chi connectivity index (χ0v) is 17.1. The van der Waals surface area contributed by atoms with Crippen LogP contribution in [-0.2, 0) is 22.3 Å². The second-order valence-corrected chi connectivity index (χ2v) is 9.47. The van der Waals surface area contributed by atoms with Gasteiger partial charge in [0.2, 0.25) is 10.0 Å². The second kappa shape index (κ2) is 9.45. The van der Waals surface area contributed by atoms with E-state index < -0.39 is 40.9 Å². The molecule has 0 aromatic heterocycles. The van der Waals surface area contributed by atoms with E-state index in [2.05, 4.69) is 5.32 Å². The van der Waals surface area contributed by atoms with Gasteiger partial charge in [-0.2, -0.15) is 17.5 Å². The molecule has 1 N–H and O–H groups in total. The van der Waals surface area contributed by atoms with Crippen molar-refractivity contribution >= 4 is 10.0 Å². The van der Waals surface area contributed by atoms with Gasteiger partial charge in [0.05, 0.1) is 5.75 Å². The molecule has 0 bridgehead atoms. The van der Waals surface area contributed by atoms with Crippen LogP contribution in [0.25, 0.3) is 0 Å². The minimum Gasteiger partial charge on any atom is -0.317 e. The van der Waals surface area contributed by atoms with E-state index in [-0.39, 0.29) is 11.5 Å². The van der Waals surface area contributed by atoms with Crippen molar-refractivity contribution in [3.05, 3.63) is 71.0 Å². The third-order valence-electron chi connectivity index (χ3n) is 5.18. The topological polar surface area (TPSA) is 49.4 Å². The fourth-order valence-corrected chi connectivity index (χ4v) is 5.09. The Morgan fingerprint density at radius 3 is 2.30 bits per heavy atom. The van der Waals surface area contributed by atoms with E-state index in [0.29, 0.717) is 9.87 Å². The van der Waals surface area contributed by atoms with Gasteiger partial charge < -0.3 is 5.32 Å². The molecule has 0 aliphatic carbocycles. The average molecular weight is 444 g/mol. The predicted octanol–water partition coefficient (Wildman–Crippen LogP) is 4.19. The number of halogens is 4. The van der Waals surface area contributed by atoms with Crippen LogP contribution in [0.3, 0.4) is 0 Å². The molecule has 0 radical (unpaired) electrons. The smallest absolute Gasteiger partial charge is 0.317 e. The second-order valence-electron chi connectivity index (χ2n) is 7.50. The van der Waals surface area contributed by atoms with Crippen molar-refractivity contribution < 1.29 is 26.0 Å². The first-order valence-electron chi connectivity index (χ1n) is 9.71. The Balaban J connectivity index is 1.82. The zero-order chi connectivity index (χ0) is 21.8. The first-order valence-corrected chi connectivity index (χ1v) is 11.3. The molecule has 3 rings (SSSR count). The van der Waals surface area contributed by atoms with E-state index in [1.54, 1.807) is 24.3 Å². The highest BCUT2D eigenvalue weighted by Gasteiger charge is 2.36. The van der Waals surface area contributed by atoms with Gasteiger partial charge in [0.25, 0.3) is 0 Å². The third kappa shape index (κ3) is 6.26. The summed E-state index contributed by atoms with van der Waals surface area (Å²) in [5.41, 5.74) is 1.08. The summed E-state index contributed by atoms with van der Waals surface area (Å²) in [4.78, 5) is 0. The molecule has 9 heteroatoms. The first kappa shape index (κ1) is 22.7. The van der Waals surface area contributed by atoms with E-state index in [4.69, 9.17) is 0 Å². The van der Waals surface area contributed by atoms with Crippen LogP contribution in [-0.4, -0.2) is 38.5 Å². The molecule has 0 saturated carbocycles. The van der Waals surface area contributed by atoms with Crippen molar-refractivity contribution in [2.24, 2.45) is 0 Å². The number of rotatable bonds is 7. The first-order chi connectivity index (χ1) is 14.1. The number of hydrogen-bond acceptors (Lipinski definition) is 3. The largest absolute Gasteiger partial charge is 0.402 e. The molecule has 164 valence electrons. The van der Waals surface area contributed by atoms with Gasteiger partial charge in [-0.15, -0.1) is 0 Å². The van der Waals surface area contributed by atoms with E-state index in [0.717, 1.165) is 31.5 Å². The van der Waals surface area contributed by atoms with Gasteiger partial charge in [0.1, 0.15) is 12.4 Å². The lowest BCUT2D eigenvalue weighted by Crippen LogP contribution is -2.39. The lowest BCUT2D eigenvalue weighted by molar-refractivity contribution is -0.137. The van der Waals surface area contributed by atoms with Crippen molar-refractivity contribution in [1.29, 1.82) is 0 Å². The van der Waals surface area contributed by atoms with Gasteiger partial charge in [-0.3, -0.25) is 0 Å². The summed E-state index contributed by atoms with van der Waals surface area (Å²) in [6, 6.07) is 12.4. The molecule has 0 amide bonds. The Kier molecular flexibility index (Phi) is 7.15. The maximum Gasteiger partial charge on any atom is 0.402 e. The Hall–Kier alpha value is -1.97. The molecule has 0 unspecified atom stereocenters. The molecule has 1 saturated heterocycles. The number of sulfonamides is 1. The zero-order valence-electron chi connectivity index (χ0n) is 16.3. The lowest BCUT2D eigenvalue weighted by Gasteiger charge is -2.25. The van der Waals surface area contributed by atoms with Crippen molar-refractivity contribution in [1.82, 2.24) is 9.62 Å². The molecule has 1 aliphatic rings. The van der Waals surface area contributed by atoms with Crippen LogP contribution in [0.2, 0.25) is 0 Å². The van der Waals surface area contributed by atoms with Gasteiger partial charge in [0, 0.05) is 12.1 Å². The number of piperidine rings is 1. The van der Waals surface area contributed by atoms with Gasteiger partial charge >= 0.3 is 6.18 Å². The van der Waals surface area contributed by atoms with Crippen molar-refractivity contribution in [2.75, 3.05) is 19.6 Å². The number of nitrogens with zero attached hydrogens (tertiary/aromatic N) is 1. The Morgan fingerprint density at radius 1 is 1.03 bits per heavy atom. The molecule has 1 aliphatic heterocycles. The monoisotopic (exact) mass is 444 g/mol. The summed E-state index contributed by atoms with van der Waals surface area (Å²) in [6.45, 7) is -0.694. The van der Waals surface area contributed by atoms with Gasteiger partial charge in [-0.25, -0.2) is 12.8 Å². The highest BCUT2D eigenvalue weighted by atomic mass is 32.2. The third-order valence-corrected chi connectivity index (χ3v) is 6.92. The van der Waals surface area contributed by atoms with Crippen LogP contribution in [0.4, 0.5) is 17.6 Å². The standard InChI is InChI=1S/C21H24F4N2O2S/c22-20-12-18(17-8-10-26-11-9-17)6-7-19(20)13-27(15-21(23,24)25)30(28,29)14-16-4-2-1-3-5-16/h1-7,12,17,26H,8-11,13-15H2.